The molecule has 6 heteroatoms. The molecule has 0 radical (unpaired) electrons. The van der Waals surface area contributed by atoms with Crippen molar-refractivity contribution in [2.75, 3.05) is 0 Å². The molecule has 2 rings (SSSR count). The van der Waals surface area contributed by atoms with Crippen LogP contribution in [0, 0.1) is 5.92 Å². The quantitative estimate of drug-likeness (QED) is 0.794. The van der Waals surface area contributed by atoms with E-state index in [1.54, 1.807) is 6.92 Å². The Morgan fingerprint density at radius 3 is 2.24 bits per heavy atom. The standard InChI is InChI=1S/C15H20F3NO2/c1-9(10-6-11(20)8-12(21)7-10)19-14-5-3-2-4-13(14)15(16,17)18/h6-9,13-14,19-21H,2-5H2,1H3. The summed E-state index contributed by atoms with van der Waals surface area (Å²) in [4.78, 5) is 0. The molecule has 3 atom stereocenters. The van der Waals surface area contributed by atoms with E-state index in [9.17, 15) is 23.4 Å². The van der Waals surface area contributed by atoms with Crippen LogP contribution >= 0.6 is 0 Å². The van der Waals surface area contributed by atoms with Crippen LogP contribution in [0.15, 0.2) is 18.2 Å². The lowest BCUT2D eigenvalue weighted by Gasteiger charge is -2.35. The number of halogens is 3. The molecule has 0 spiro atoms. The summed E-state index contributed by atoms with van der Waals surface area (Å²) in [6, 6.07) is 3.08. The molecule has 1 aliphatic rings. The summed E-state index contributed by atoms with van der Waals surface area (Å²) >= 11 is 0. The predicted molar refractivity (Wildman–Crippen MR) is 73.1 cm³/mol. The van der Waals surface area contributed by atoms with Gasteiger partial charge in [-0.3, -0.25) is 0 Å². The number of benzene rings is 1. The van der Waals surface area contributed by atoms with Crippen LogP contribution in [-0.2, 0) is 0 Å². The average molecular weight is 303 g/mol. The highest BCUT2D eigenvalue weighted by atomic mass is 19.4. The highest BCUT2D eigenvalue weighted by molar-refractivity contribution is 5.38. The second-order valence-corrected chi connectivity index (χ2v) is 5.71. The molecule has 1 fully saturated rings. The predicted octanol–water partition coefficient (Wildman–Crippen LogP) is 3.87. The first-order valence-corrected chi connectivity index (χ1v) is 7.13. The highest BCUT2D eigenvalue weighted by Crippen LogP contribution is 2.38. The van der Waals surface area contributed by atoms with Gasteiger partial charge >= 0.3 is 6.18 Å². The lowest BCUT2D eigenvalue weighted by atomic mass is 9.83. The highest BCUT2D eigenvalue weighted by Gasteiger charge is 2.45. The van der Waals surface area contributed by atoms with Gasteiger partial charge in [0.1, 0.15) is 11.5 Å². The van der Waals surface area contributed by atoms with Crippen molar-refractivity contribution >= 4 is 0 Å². The van der Waals surface area contributed by atoms with Crippen molar-refractivity contribution in [3.05, 3.63) is 23.8 Å². The molecule has 3 nitrogen and oxygen atoms in total. The van der Waals surface area contributed by atoms with Gasteiger partial charge in [0, 0.05) is 18.2 Å². The van der Waals surface area contributed by atoms with Crippen LogP contribution < -0.4 is 5.32 Å². The number of phenolic OH excluding ortho intramolecular Hbond substituents is 2. The van der Waals surface area contributed by atoms with E-state index in [0.717, 1.165) is 6.42 Å². The summed E-state index contributed by atoms with van der Waals surface area (Å²) in [6.45, 7) is 1.73. The summed E-state index contributed by atoms with van der Waals surface area (Å²) < 4.78 is 39.2. The Bertz CT molecular complexity index is 470. The van der Waals surface area contributed by atoms with Gasteiger partial charge in [-0.2, -0.15) is 13.2 Å². The first kappa shape index (κ1) is 15.9. The second kappa shape index (κ2) is 6.13. The fourth-order valence-corrected chi connectivity index (χ4v) is 3.01. The number of hydrogen-bond donors (Lipinski definition) is 3. The van der Waals surface area contributed by atoms with Gasteiger partial charge < -0.3 is 15.5 Å². The van der Waals surface area contributed by atoms with Crippen LogP contribution in [0.2, 0.25) is 0 Å². The topological polar surface area (TPSA) is 52.5 Å². The molecule has 0 aliphatic heterocycles. The van der Waals surface area contributed by atoms with E-state index < -0.39 is 18.1 Å². The van der Waals surface area contributed by atoms with Crippen LogP contribution in [0.3, 0.4) is 0 Å². The summed E-state index contributed by atoms with van der Waals surface area (Å²) in [5.74, 6) is -1.54. The van der Waals surface area contributed by atoms with Crippen molar-refractivity contribution in [3.63, 3.8) is 0 Å². The number of alkyl halides is 3. The molecule has 1 aromatic rings. The van der Waals surface area contributed by atoms with E-state index in [1.165, 1.54) is 18.2 Å². The maximum Gasteiger partial charge on any atom is 0.393 e. The molecule has 21 heavy (non-hydrogen) atoms. The molecular weight excluding hydrogens is 283 g/mol. The maximum absolute atomic E-state index is 13.1. The molecule has 118 valence electrons. The minimum atomic E-state index is -4.20. The zero-order valence-corrected chi connectivity index (χ0v) is 11.8. The Balaban J connectivity index is 2.11. The van der Waals surface area contributed by atoms with Crippen LogP contribution in [0.1, 0.15) is 44.2 Å². The van der Waals surface area contributed by atoms with Crippen molar-refractivity contribution in [1.29, 1.82) is 0 Å². The Morgan fingerprint density at radius 1 is 1.10 bits per heavy atom. The minimum absolute atomic E-state index is 0.102. The Labute approximate surface area is 121 Å². The molecule has 1 aromatic carbocycles. The van der Waals surface area contributed by atoms with Gasteiger partial charge in [0.05, 0.1) is 5.92 Å². The normalized spacial score (nSPS) is 24.8. The van der Waals surface area contributed by atoms with E-state index >= 15 is 0 Å². The summed E-state index contributed by atoms with van der Waals surface area (Å²) in [5, 5.41) is 21.9. The van der Waals surface area contributed by atoms with E-state index in [1.807, 2.05) is 0 Å². The zero-order chi connectivity index (χ0) is 15.6. The van der Waals surface area contributed by atoms with Gasteiger partial charge in [-0.25, -0.2) is 0 Å². The molecule has 0 heterocycles. The van der Waals surface area contributed by atoms with E-state index in [2.05, 4.69) is 5.32 Å². The largest absolute Gasteiger partial charge is 0.508 e. The number of nitrogens with one attached hydrogen (secondary N) is 1. The number of rotatable bonds is 3. The van der Waals surface area contributed by atoms with Crippen LogP contribution in [-0.4, -0.2) is 22.4 Å². The first-order chi connectivity index (χ1) is 9.77. The summed E-state index contributed by atoms with van der Waals surface area (Å²) in [5.41, 5.74) is 0.569. The van der Waals surface area contributed by atoms with E-state index in [0.29, 0.717) is 18.4 Å². The summed E-state index contributed by atoms with van der Waals surface area (Å²) in [7, 11) is 0. The number of phenols is 2. The van der Waals surface area contributed by atoms with Gasteiger partial charge in [0.2, 0.25) is 0 Å². The SMILES string of the molecule is CC(NC1CCCCC1C(F)(F)F)c1cc(O)cc(O)c1. The third-order valence-corrected chi connectivity index (χ3v) is 4.08. The van der Waals surface area contributed by atoms with Crippen LogP contribution in [0.5, 0.6) is 11.5 Å². The van der Waals surface area contributed by atoms with Crippen molar-refractivity contribution in [2.45, 2.75) is 50.9 Å². The molecule has 1 aliphatic carbocycles. The van der Waals surface area contributed by atoms with Gasteiger partial charge in [-0.1, -0.05) is 12.8 Å². The van der Waals surface area contributed by atoms with Gasteiger partial charge in [-0.15, -0.1) is 0 Å². The molecule has 3 unspecified atom stereocenters. The average Bonchev–Trinajstić information content (AvgIpc) is 2.37. The lowest BCUT2D eigenvalue weighted by molar-refractivity contribution is -0.189. The third kappa shape index (κ3) is 4.03. The molecule has 0 aromatic heterocycles. The van der Waals surface area contributed by atoms with Gasteiger partial charge in [-0.05, 0) is 37.5 Å². The maximum atomic E-state index is 13.1. The van der Waals surface area contributed by atoms with E-state index in [-0.39, 0.29) is 24.0 Å². The number of aromatic hydroxyl groups is 2. The lowest BCUT2D eigenvalue weighted by Crippen LogP contribution is -2.46. The third-order valence-electron chi connectivity index (χ3n) is 4.08. The van der Waals surface area contributed by atoms with E-state index in [4.69, 9.17) is 0 Å². The smallest absolute Gasteiger partial charge is 0.393 e. The molecular formula is C15H20F3NO2. The molecule has 0 bridgehead atoms. The molecule has 0 amide bonds. The fourth-order valence-electron chi connectivity index (χ4n) is 3.01. The van der Waals surface area contributed by atoms with Crippen molar-refractivity contribution < 1.29 is 23.4 Å². The van der Waals surface area contributed by atoms with Gasteiger partial charge in [0.15, 0.2) is 0 Å². The Morgan fingerprint density at radius 2 is 1.67 bits per heavy atom. The number of hydrogen-bond acceptors (Lipinski definition) is 3. The van der Waals surface area contributed by atoms with Crippen molar-refractivity contribution in [3.8, 4) is 11.5 Å². The molecule has 0 saturated heterocycles. The fraction of sp³-hybridized carbons (Fsp3) is 0.600. The van der Waals surface area contributed by atoms with Crippen molar-refractivity contribution in [1.82, 2.24) is 5.32 Å². The van der Waals surface area contributed by atoms with Crippen molar-refractivity contribution in [2.24, 2.45) is 5.92 Å². The first-order valence-electron chi connectivity index (χ1n) is 7.13. The van der Waals surface area contributed by atoms with Crippen LogP contribution in [0.4, 0.5) is 13.2 Å². The Kier molecular flexibility index (Phi) is 4.66. The molecule has 1 saturated carbocycles. The van der Waals surface area contributed by atoms with Gasteiger partial charge in [0.25, 0.3) is 0 Å². The summed E-state index contributed by atoms with van der Waals surface area (Å²) in [6.07, 6.45) is -2.18. The Hall–Kier alpha value is -1.43. The molecule has 3 N–H and O–H groups in total. The minimum Gasteiger partial charge on any atom is -0.508 e. The monoisotopic (exact) mass is 303 g/mol. The second-order valence-electron chi connectivity index (χ2n) is 5.71. The van der Waals surface area contributed by atoms with Crippen LogP contribution in [0.25, 0.3) is 0 Å². The zero-order valence-electron chi connectivity index (χ0n) is 11.8.